The SMILES string of the molecule is CO[C@](C)(c1ccccc1)[C@H](O)c1ccccc1. The summed E-state index contributed by atoms with van der Waals surface area (Å²) in [4.78, 5) is 0. The summed E-state index contributed by atoms with van der Waals surface area (Å²) >= 11 is 0. The normalized spacial score (nSPS) is 15.9. The number of hydrogen-bond acceptors (Lipinski definition) is 2. The van der Waals surface area contributed by atoms with Gasteiger partial charge in [0, 0.05) is 7.11 Å². The largest absolute Gasteiger partial charge is 0.385 e. The van der Waals surface area contributed by atoms with Gasteiger partial charge in [0.2, 0.25) is 0 Å². The molecule has 0 saturated carbocycles. The zero-order valence-corrected chi connectivity index (χ0v) is 10.7. The Morgan fingerprint density at radius 3 is 1.94 bits per heavy atom. The maximum absolute atomic E-state index is 10.6. The van der Waals surface area contributed by atoms with Crippen molar-refractivity contribution >= 4 is 0 Å². The highest BCUT2D eigenvalue weighted by Gasteiger charge is 2.35. The smallest absolute Gasteiger partial charge is 0.120 e. The first-order valence-electron chi connectivity index (χ1n) is 6.02. The molecule has 2 nitrogen and oxygen atoms in total. The second kappa shape index (κ2) is 5.34. The summed E-state index contributed by atoms with van der Waals surface area (Å²) in [5.74, 6) is 0. The summed E-state index contributed by atoms with van der Waals surface area (Å²) < 4.78 is 5.59. The first kappa shape index (κ1) is 12.8. The van der Waals surface area contributed by atoms with Crippen LogP contribution in [0.5, 0.6) is 0 Å². The lowest BCUT2D eigenvalue weighted by Gasteiger charge is -2.34. The highest BCUT2D eigenvalue weighted by Crippen LogP contribution is 2.37. The van der Waals surface area contributed by atoms with Crippen molar-refractivity contribution in [3.8, 4) is 0 Å². The Morgan fingerprint density at radius 1 is 0.944 bits per heavy atom. The van der Waals surface area contributed by atoms with Gasteiger partial charge in [-0.15, -0.1) is 0 Å². The van der Waals surface area contributed by atoms with Gasteiger partial charge in [0.15, 0.2) is 0 Å². The van der Waals surface area contributed by atoms with Gasteiger partial charge in [0.1, 0.15) is 11.7 Å². The molecule has 0 aliphatic carbocycles. The molecule has 0 aliphatic rings. The van der Waals surface area contributed by atoms with Crippen LogP contribution in [0.4, 0.5) is 0 Å². The maximum atomic E-state index is 10.6. The Balaban J connectivity index is 2.39. The predicted molar refractivity (Wildman–Crippen MR) is 72.2 cm³/mol. The van der Waals surface area contributed by atoms with Gasteiger partial charge >= 0.3 is 0 Å². The number of rotatable bonds is 4. The Bertz CT molecular complexity index is 481. The molecular weight excluding hydrogens is 224 g/mol. The standard InChI is InChI=1S/C16H18O2/c1-16(18-2,14-11-7-4-8-12-14)15(17)13-9-5-3-6-10-13/h3-12,15,17H,1-2H3/t15-,16-/m1/s1. The predicted octanol–water partition coefficient (Wildman–Crippen LogP) is 3.28. The van der Waals surface area contributed by atoms with Crippen molar-refractivity contribution in [2.45, 2.75) is 18.6 Å². The molecule has 0 unspecified atom stereocenters. The van der Waals surface area contributed by atoms with Gasteiger partial charge in [-0.2, -0.15) is 0 Å². The van der Waals surface area contributed by atoms with Crippen LogP contribution in [0.1, 0.15) is 24.2 Å². The summed E-state index contributed by atoms with van der Waals surface area (Å²) in [6, 6.07) is 19.4. The lowest BCUT2D eigenvalue weighted by atomic mass is 9.86. The zero-order valence-electron chi connectivity index (χ0n) is 10.7. The van der Waals surface area contributed by atoms with Crippen molar-refractivity contribution in [2.24, 2.45) is 0 Å². The van der Waals surface area contributed by atoms with Gasteiger partial charge in [-0.05, 0) is 18.1 Å². The van der Waals surface area contributed by atoms with E-state index in [2.05, 4.69) is 0 Å². The van der Waals surface area contributed by atoms with Crippen LogP contribution in [0.3, 0.4) is 0 Å². The van der Waals surface area contributed by atoms with Crippen LogP contribution in [0.15, 0.2) is 60.7 Å². The summed E-state index contributed by atoms with van der Waals surface area (Å²) in [5.41, 5.74) is 1.07. The molecule has 1 N–H and O–H groups in total. The summed E-state index contributed by atoms with van der Waals surface area (Å²) in [7, 11) is 1.62. The van der Waals surface area contributed by atoms with Crippen molar-refractivity contribution in [1.82, 2.24) is 0 Å². The van der Waals surface area contributed by atoms with Gasteiger partial charge in [-0.3, -0.25) is 0 Å². The molecule has 0 radical (unpaired) electrons. The van der Waals surface area contributed by atoms with E-state index in [1.807, 2.05) is 67.6 Å². The van der Waals surface area contributed by atoms with Crippen molar-refractivity contribution in [1.29, 1.82) is 0 Å². The molecule has 2 aromatic carbocycles. The van der Waals surface area contributed by atoms with Crippen molar-refractivity contribution < 1.29 is 9.84 Å². The Kier molecular flexibility index (Phi) is 3.80. The van der Waals surface area contributed by atoms with E-state index in [-0.39, 0.29) is 0 Å². The lowest BCUT2D eigenvalue weighted by molar-refractivity contribution is -0.0983. The van der Waals surface area contributed by atoms with Gasteiger partial charge in [0.25, 0.3) is 0 Å². The van der Waals surface area contributed by atoms with E-state index in [1.54, 1.807) is 7.11 Å². The number of hydrogen-bond donors (Lipinski definition) is 1. The van der Waals surface area contributed by atoms with Gasteiger partial charge in [0.05, 0.1) is 0 Å². The number of aliphatic hydroxyl groups excluding tert-OH is 1. The molecule has 0 fully saturated rings. The fourth-order valence-electron chi connectivity index (χ4n) is 2.11. The molecule has 2 atom stereocenters. The first-order valence-corrected chi connectivity index (χ1v) is 6.02. The second-order valence-corrected chi connectivity index (χ2v) is 4.49. The molecule has 94 valence electrons. The highest BCUT2D eigenvalue weighted by atomic mass is 16.5. The Labute approximate surface area is 108 Å². The third-order valence-corrected chi connectivity index (χ3v) is 3.41. The van der Waals surface area contributed by atoms with Crippen LogP contribution in [0, 0.1) is 0 Å². The van der Waals surface area contributed by atoms with Crippen LogP contribution in [-0.4, -0.2) is 12.2 Å². The number of aliphatic hydroxyl groups is 1. The summed E-state index contributed by atoms with van der Waals surface area (Å²) in [5, 5.41) is 10.6. The minimum Gasteiger partial charge on any atom is -0.385 e. The third-order valence-electron chi connectivity index (χ3n) is 3.41. The van der Waals surface area contributed by atoms with Crippen molar-refractivity contribution in [2.75, 3.05) is 7.11 Å². The van der Waals surface area contributed by atoms with E-state index < -0.39 is 11.7 Å². The minimum atomic E-state index is -0.747. The summed E-state index contributed by atoms with van der Waals surface area (Å²) in [6.45, 7) is 1.90. The second-order valence-electron chi connectivity index (χ2n) is 4.49. The van der Waals surface area contributed by atoms with E-state index in [1.165, 1.54) is 0 Å². The van der Waals surface area contributed by atoms with Gasteiger partial charge in [-0.25, -0.2) is 0 Å². The van der Waals surface area contributed by atoms with E-state index in [4.69, 9.17) is 4.74 Å². The molecule has 2 heteroatoms. The van der Waals surface area contributed by atoms with Crippen LogP contribution >= 0.6 is 0 Å². The molecule has 2 rings (SSSR count). The van der Waals surface area contributed by atoms with E-state index in [0.29, 0.717) is 0 Å². The Morgan fingerprint density at radius 2 is 1.44 bits per heavy atom. The molecule has 0 spiro atoms. The molecule has 18 heavy (non-hydrogen) atoms. The third kappa shape index (κ3) is 2.30. The number of ether oxygens (including phenoxy) is 1. The fourth-order valence-corrected chi connectivity index (χ4v) is 2.11. The van der Waals surface area contributed by atoms with Crippen LogP contribution in [0.2, 0.25) is 0 Å². The molecule has 0 saturated heterocycles. The monoisotopic (exact) mass is 242 g/mol. The van der Waals surface area contributed by atoms with Gasteiger partial charge in [-0.1, -0.05) is 60.7 Å². The van der Waals surface area contributed by atoms with Crippen molar-refractivity contribution in [3.05, 3.63) is 71.8 Å². The molecule has 0 aromatic heterocycles. The van der Waals surface area contributed by atoms with E-state index >= 15 is 0 Å². The average Bonchev–Trinajstić information content (AvgIpc) is 2.47. The first-order chi connectivity index (χ1) is 8.68. The number of benzene rings is 2. The average molecular weight is 242 g/mol. The molecule has 2 aromatic rings. The minimum absolute atomic E-state index is 0.703. The molecule has 0 bridgehead atoms. The molecule has 0 heterocycles. The summed E-state index contributed by atoms with van der Waals surface area (Å²) in [6.07, 6.45) is -0.703. The van der Waals surface area contributed by atoms with Crippen molar-refractivity contribution in [3.63, 3.8) is 0 Å². The maximum Gasteiger partial charge on any atom is 0.120 e. The molecular formula is C16H18O2. The van der Waals surface area contributed by atoms with Crippen LogP contribution in [0.25, 0.3) is 0 Å². The quantitative estimate of drug-likeness (QED) is 0.891. The van der Waals surface area contributed by atoms with Crippen LogP contribution in [-0.2, 0) is 10.3 Å². The molecule has 0 aliphatic heterocycles. The molecule has 0 amide bonds. The highest BCUT2D eigenvalue weighted by molar-refractivity contribution is 5.28. The topological polar surface area (TPSA) is 29.5 Å². The van der Waals surface area contributed by atoms with Gasteiger partial charge < -0.3 is 9.84 Å². The van der Waals surface area contributed by atoms with E-state index in [9.17, 15) is 5.11 Å². The lowest BCUT2D eigenvalue weighted by Crippen LogP contribution is -2.32. The fraction of sp³-hybridized carbons (Fsp3) is 0.250. The van der Waals surface area contributed by atoms with Crippen LogP contribution < -0.4 is 0 Å². The van der Waals surface area contributed by atoms with E-state index in [0.717, 1.165) is 11.1 Å². The Hall–Kier alpha value is -1.64. The zero-order chi connectivity index (χ0) is 13.0. The number of methoxy groups -OCH3 is 1.